The van der Waals surface area contributed by atoms with Crippen LogP contribution in [-0.4, -0.2) is 5.11 Å². The molecule has 20 heavy (non-hydrogen) atoms. The smallest absolute Gasteiger partial charge is 0.0953 e. The molecule has 108 valence electrons. The number of aliphatic hydroxyl groups excluding tert-OH is 1. The summed E-state index contributed by atoms with van der Waals surface area (Å²) in [4.78, 5) is 1.04. The van der Waals surface area contributed by atoms with Crippen LogP contribution >= 0.6 is 27.3 Å². The van der Waals surface area contributed by atoms with E-state index in [2.05, 4.69) is 54.9 Å². The Balaban J connectivity index is 2.36. The zero-order chi connectivity index (χ0) is 14.7. The van der Waals surface area contributed by atoms with E-state index in [1.165, 1.54) is 11.1 Å². The second-order valence-corrected chi connectivity index (χ2v) is 7.77. The summed E-state index contributed by atoms with van der Waals surface area (Å²) in [5.74, 6) is 0.583. The van der Waals surface area contributed by atoms with Crippen molar-refractivity contribution in [3.63, 3.8) is 0 Å². The SMILES string of the molecule is CCC(C)C(c1ccccc1)C(O)c1cc(C)c(Br)s1. The average Bonchev–Trinajstić information content (AvgIpc) is 2.80. The molecule has 2 rings (SSSR count). The Morgan fingerprint density at radius 3 is 2.40 bits per heavy atom. The molecule has 1 heterocycles. The summed E-state index contributed by atoms with van der Waals surface area (Å²) in [5.41, 5.74) is 2.41. The predicted molar refractivity (Wildman–Crippen MR) is 90.4 cm³/mol. The van der Waals surface area contributed by atoms with Crippen LogP contribution in [0.2, 0.25) is 0 Å². The van der Waals surface area contributed by atoms with Crippen molar-refractivity contribution in [2.45, 2.75) is 39.2 Å². The fourth-order valence-electron chi connectivity index (χ4n) is 2.56. The highest BCUT2D eigenvalue weighted by atomic mass is 79.9. The number of benzene rings is 1. The lowest BCUT2D eigenvalue weighted by Gasteiger charge is -2.28. The largest absolute Gasteiger partial charge is 0.387 e. The van der Waals surface area contributed by atoms with Crippen LogP contribution < -0.4 is 0 Å². The fourth-order valence-corrected chi connectivity index (χ4v) is 4.16. The van der Waals surface area contributed by atoms with Crippen molar-refractivity contribution >= 4 is 27.3 Å². The van der Waals surface area contributed by atoms with Gasteiger partial charge in [0.05, 0.1) is 9.89 Å². The van der Waals surface area contributed by atoms with Gasteiger partial charge in [-0.1, -0.05) is 50.6 Å². The topological polar surface area (TPSA) is 20.2 Å². The number of halogens is 1. The van der Waals surface area contributed by atoms with Crippen molar-refractivity contribution in [2.24, 2.45) is 5.92 Å². The van der Waals surface area contributed by atoms with E-state index in [1.54, 1.807) is 11.3 Å². The van der Waals surface area contributed by atoms with E-state index in [9.17, 15) is 5.11 Å². The van der Waals surface area contributed by atoms with Crippen LogP contribution in [0, 0.1) is 12.8 Å². The summed E-state index contributed by atoms with van der Waals surface area (Å²) >= 11 is 5.19. The third-order valence-electron chi connectivity index (χ3n) is 3.95. The molecule has 0 saturated carbocycles. The van der Waals surface area contributed by atoms with E-state index in [1.807, 2.05) is 18.2 Å². The van der Waals surface area contributed by atoms with Gasteiger partial charge in [-0.25, -0.2) is 0 Å². The summed E-state index contributed by atoms with van der Waals surface area (Å²) in [6, 6.07) is 12.5. The van der Waals surface area contributed by atoms with Gasteiger partial charge in [0.1, 0.15) is 0 Å². The monoisotopic (exact) mass is 352 g/mol. The minimum absolute atomic E-state index is 0.145. The van der Waals surface area contributed by atoms with Crippen LogP contribution in [0.4, 0.5) is 0 Å². The Bertz CT molecular complexity index is 530. The molecule has 0 aliphatic carbocycles. The second-order valence-electron chi connectivity index (χ2n) is 5.37. The van der Waals surface area contributed by atoms with Crippen LogP contribution in [0.25, 0.3) is 0 Å². The molecule has 0 aliphatic rings. The average molecular weight is 353 g/mol. The van der Waals surface area contributed by atoms with Crippen molar-refractivity contribution in [2.75, 3.05) is 0 Å². The van der Waals surface area contributed by atoms with E-state index >= 15 is 0 Å². The Hall–Kier alpha value is -0.640. The number of rotatable bonds is 5. The van der Waals surface area contributed by atoms with Gasteiger partial charge in [0.15, 0.2) is 0 Å². The normalized spacial score (nSPS) is 15.8. The summed E-state index contributed by atoms with van der Waals surface area (Å²) in [6.45, 7) is 6.47. The van der Waals surface area contributed by atoms with Crippen LogP contribution in [0.15, 0.2) is 40.2 Å². The predicted octanol–water partition coefficient (Wildman–Crippen LogP) is 5.68. The first-order chi connectivity index (χ1) is 9.54. The molecule has 0 amide bonds. The minimum Gasteiger partial charge on any atom is -0.387 e. The third kappa shape index (κ3) is 3.33. The summed E-state index contributed by atoms with van der Waals surface area (Å²) in [7, 11) is 0. The Labute approximate surface area is 133 Å². The fraction of sp³-hybridized carbons (Fsp3) is 0.412. The summed E-state index contributed by atoms with van der Waals surface area (Å²) in [6.07, 6.45) is 0.615. The molecule has 3 unspecified atom stereocenters. The molecule has 0 aliphatic heterocycles. The molecule has 3 atom stereocenters. The Morgan fingerprint density at radius 1 is 1.25 bits per heavy atom. The molecule has 0 saturated heterocycles. The van der Waals surface area contributed by atoms with Crippen molar-refractivity contribution in [1.82, 2.24) is 0 Å². The second kappa shape index (κ2) is 6.88. The molecule has 1 aromatic carbocycles. The van der Waals surface area contributed by atoms with Crippen LogP contribution in [0.5, 0.6) is 0 Å². The number of hydrogen-bond donors (Lipinski definition) is 1. The lowest BCUT2D eigenvalue weighted by atomic mass is 9.81. The third-order valence-corrected chi connectivity index (χ3v) is 6.16. The highest BCUT2D eigenvalue weighted by Gasteiger charge is 2.28. The van der Waals surface area contributed by atoms with Crippen molar-refractivity contribution in [1.29, 1.82) is 0 Å². The van der Waals surface area contributed by atoms with Gasteiger partial charge in [-0.3, -0.25) is 0 Å². The number of thiophene rings is 1. The van der Waals surface area contributed by atoms with E-state index in [0.717, 1.165) is 15.1 Å². The van der Waals surface area contributed by atoms with Crippen molar-refractivity contribution in [3.8, 4) is 0 Å². The van der Waals surface area contributed by atoms with Gasteiger partial charge in [0.2, 0.25) is 0 Å². The van der Waals surface area contributed by atoms with E-state index in [-0.39, 0.29) is 5.92 Å². The quantitative estimate of drug-likeness (QED) is 0.733. The first kappa shape index (κ1) is 15.7. The molecule has 2 aromatic rings. The molecule has 3 heteroatoms. The van der Waals surface area contributed by atoms with Gasteiger partial charge in [-0.2, -0.15) is 0 Å². The lowest BCUT2D eigenvalue weighted by Crippen LogP contribution is -2.17. The maximum Gasteiger partial charge on any atom is 0.0953 e. The number of aliphatic hydroxyl groups is 1. The van der Waals surface area contributed by atoms with E-state index in [4.69, 9.17) is 0 Å². The van der Waals surface area contributed by atoms with Crippen LogP contribution in [0.3, 0.4) is 0 Å². The molecule has 0 fully saturated rings. The van der Waals surface area contributed by atoms with Crippen molar-refractivity contribution < 1.29 is 5.11 Å². The molecular weight excluding hydrogens is 332 g/mol. The summed E-state index contributed by atoms with van der Waals surface area (Å²) < 4.78 is 1.11. The molecule has 0 bridgehead atoms. The maximum absolute atomic E-state index is 10.9. The highest BCUT2D eigenvalue weighted by Crippen LogP contribution is 2.42. The van der Waals surface area contributed by atoms with Gasteiger partial charge < -0.3 is 5.11 Å². The van der Waals surface area contributed by atoms with E-state index in [0.29, 0.717) is 5.92 Å². The Kier molecular flexibility index (Phi) is 5.42. The molecule has 1 N–H and O–H groups in total. The van der Waals surface area contributed by atoms with Gasteiger partial charge in [0, 0.05) is 10.8 Å². The first-order valence-corrected chi connectivity index (χ1v) is 8.64. The number of aryl methyl sites for hydroxylation is 1. The number of hydrogen-bond acceptors (Lipinski definition) is 2. The van der Waals surface area contributed by atoms with Gasteiger partial charge in [-0.05, 0) is 46.0 Å². The molecule has 0 radical (unpaired) electrons. The van der Waals surface area contributed by atoms with E-state index < -0.39 is 6.10 Å². The molecule has 0 spiro atoms. The van der Waals surface area contributed by atoms with Gasteiger partial charge >= 0.3 is 0 Å². The lowest BCUT2D eigenvalue weighted by molar-refractivity contribution is 0.121. The summed E-state index contributed by atoms with van der Waals surface area (Å²) in [5, 5.41) is 10.9. The highest BCUT2D eigenvalue weighted by molar-refractivity contribution is 9.11. The first-order valence-electron chi connectivity index (χ1n) is 7.03. The Morgan fingerprint density at radius 2 is 1.90 bits per heavy atom. The van der Waals surface area contributed by atoms with Gasteiger partial charge in [0.25, 0.3) is 0 Å². The minimum atomic E-state index is -0.442. The zero-order valence-corrected chi connectivity index (χ0v) is 14.5. The molecule has 1 aromatic heterocycles. The maximum atomic E-state index is 10.9. The molecule has 1 nitrogen and oxygen atoms in total. The van der Waals surface area contributed by atoms with Gasteiger partial charge in [-0.15, -0.1) is 11.3 Å². The van der Waals surface area contributed by atoms with Crippen molar-refractivity contribution in [3.05, 3.63) is 56.2 Å². The van der Waals surface area contributed by atoms with Crippen LogP contribution in [0.1, 0.15) is 48.3 Å². The molecular formula is C17H21BrOS. The van der Waals surface area contributed by atoms with Crippen LogP contribution in [-0.2, 0) is 0 Å². The zero-order valence-electron chi connectivity index (χ0n) is 12.1. The standard InChI is InChI=1S/C17H21BrOS/c1-4-11(2)15(13-8-6-5-7-9-13)16(19)14-10-12(3)17(18)20-14/h5-11,15-16,19H,4H2,1-3H3.